The van der Waals surface area contributed by atoms with E-state index in [-0.39, 0.29) is 10.6 Å². The van der Waals surface area contributed by atoms with Crippen molar-refractivity contribution in [2.75, 3.05) is 4.72 Å². The molecule has 0 aliphatic carbocycles. The summed E-state index contributed by atoms with van der Waals surface area (Å²) in [6, 6.07) is 4.30. The average molecular weight is 307 g/mol. The third-order valence-electron chi connectivity index (χ3n) is 2.12. The lowest BCUT2D eigenvalue weighted by Gasteiger charge is -2.10. The summed E-state index contributed by atoms with van der Waals surface area (Å²) >= 11 is 0. The Kier molecular flexibility index (Phi) is 3.57. The quantitative estimate of drug-likeness (QED) is 0.906. The minimum absolute atomic E-state index is 0.0897. The van der Waals surface area contributed by atoms with Crippen LogP contribution in [-0.4, -0.2) is 25.0 Å². The van der Waals surface area contributed by atoms with E-state index in [4.69, 9.17) is 0 Å². The zero-order valence-corrected chi connectivity index (χ0v) is 10.5. The predicted molar refractivity (Wildman–Crippen MR) is 62.5 cm³/mol. The molecule has 0 atom stereocenters. The molecule has 0 bridgehead atoms. The van der Waals surface area contributed by atoms with Crippen LogP contribution < -0.4 is 9.46 Å². The number of aromatic amines is 1. The lowest BCUT2D eigenvalue weighted by Crippen LogP contribution is -2.17. The van der Waals surface area contributed by atoms with Crippen molar-refractivity contribution in [2.45, 2.75) is 11.3 Å². The van der Waals surface area contributed by atoms with Crippen molar-refractivity contribution in [1.82, 2.24) is 10.2 Å². The van der Waals surface area contributed by atoms with Gasteiger partial charge in [-0.05, 0) is 24.3 Å². The number of alkyl halides is 3. The smallest absolute Gasteiger partial charge is 0.406 e. The van der Waals surface area contributed by atoms with E-state index in [0.29, 0.717) is 0 Å². The lowest BCUT2D eigenvalue weighted by molar-refractivity contribution is -0.274. The molecule has 0 amide bonds. The van der Waals surface area contributed by atoms with E-state index in [1.54, 1.807) is 0 Å². The van der Waals surface area contributed by atoms with Crippen LogP contribution in [0.1, 0.15) is 0 Å². The SMILES string of the molecule is O=S(=O)(Nc1ccc(OC(F)(F)F)cc1)c1cn[nH]c1. The Labute approximate surface area is 111 Å². The Morgan fingerprint density at radius 3 is 2.35 bits per heavy atom. The molecule has 2 N–H and O–H groups in total. The highest BCUT2D eigenvalue weighted by molar-refractivity contribution is 7.92. The first-order valence-corrected chi connectivity index (χ1v) is 6.62. The first-order chi connectivity index (χ1) is 9.26. The van der Waals surface area contributed by atoms with Crippen LogP contribution in [-0.2, 0) is 10.0 Å². The van der Waals surface area contributed by atoms with E-state index in [1.807, 2.05) is 0 Å². The normalized spacial score (nSPS) is 12.2. The van der Waals surface area contributed by atoms with Crippen molar-refractivity contribution in [3.05, 3.63) is 36.7 Å². The highest BCUT2D eigenvalue weighted by atomic mass is 32.2. The molecular formula is C10H8F3N3O3S. The van der Waals surface area contributed by atoms with Gasteiger partial charge in [-0.15, -0.1) is 13.2 Å². The summed E-state index contributed by atoms with van der Waals surface area (Å²) in [6.45, 7) is 0. The Hall–Kier alpha value is -2.23. The molecule has 0 radical (unpaired) electrons. The molecule has 0 unspecified atom stereocenters. The van der Waals surface area contributed by atoms with Crippen LogP contribution in [0.15, 0.2) is 41.6 Å². The van der Waals surface area contributed by atoms with Gasteiger partial charge >= 0.3 is 6.36 Å². The number of ether oxygens (including phenoxy) is 1. The molecule has 0 saturated carbocycles. The van der Waals surface area contributed by atoms with Gasteiger partial charge in [-0.3, -0.25) is 9.82 Å². The minimum atomic E-state index is -4.79. The van der Waals surface area contributed by atoms with Crippen LogP contribution in [0.2, 0.25) is 0 Å². The first-order valence-electron chi connectivity index (χ1n) is 5.14. The Bertz CT molecular complexity index is 666. The number of anilines is 1. The largest absolute Gasteiger partial charge is 0.573 e. The second-order valence-corrected chi connectivity index (χ2v) is 5.29. The third kappa shape index (κ3) is 3.63. The number of H-pyrrole nitrogens is 1. The fourth-order valence-corrected chi connectivity index (χ4v) is 2.29. The summed E-state index contributed by atoms with van der Waals surface area (Å²) in [4.78, 5) is -0.0897. The second-order valence-electron chi connectivity index (χ2n) is 3.61. The van der Waals surface area contributed by atoms with Gasteiger partial charge in [0, 0.05) is 11.9 Å². The van der Waals surface area contributed by atoms with E-state index >= 15 is 0 Å². The Morgan fingerprint density at radius 1 is 1.20 bits per heavy atom. The first kappa shape index (κ1) is 14.2. The van der Waals surface area contributed by atoms with Gasteiger partial charge in [-0.2, -0.15) is 5.10 Å². The van der Waals surface area contributed by atoms with Crippen LogP contribution >= 0.6 is 0 Å². The van der Waals surface area contributed by atoms with Crippen molar-refractivity contribution in [1.29, 1.82) is 0 Å². The van der Waals surface area contributed by atoms with Gasteiger partial charge in [0.1, 0.15) is 10.6 Å². The molecule has 2 aromatic rings. The van der Waals surface area contributed by atoms with Crippen LogP contribution in [0.4, 0.5) is 18.9 Å². The number of hydrogen-bond acceptors (Lipinski definition) is 4. The molecular weight excluding hydrogens is 299 g/mol. The highest BCUT2D eigenvalue weighted by Crippen LogP contribution is 2.24. The molecule has 10 heteroatoms. The number of hydrogen-bond donors (Lipinski definition) is 2. The van der Waals surface area contributed by atoms with Crippen LogP contribution in [0.5, 0.6) is 5.75 Å². The van der Waals surface area contributed by atoms with Gasteiger partial charge in [0.05, 0.1) is 6.20 Å². The molecule has 2 rings (SSSR count). The van der Waals surface area contributed by atoms with E-state index in [0.717, 1.165) is 30.5 Å². The van der Waals surface area contributed by atoms with Crippen LogP contribution in [0.25, 0.3) is 0 Å². The fourth-order valence-electron chi connectivity index (χ4n) is 1.32. The average Bonchev–Trinajstić information content (AvgIpc) is 2.84. The maximum atomic E-state index is 12.0. The van der Waals surface area contributed by atoms with Crippen molar-refractivity contribution >= 4 is 15.7 Å². The summed E-state index contributed by atoms with van der Waals surface area (Å²) in [5, 5.41) is 5.84. The summed E-state index contributed by atoms with van der Waals surface area (Å²) in [5.74, 6) is -0.441. The van der Waals surface area contributed by atoms with Gasteiger partial charge in [0.15, 0.2) is 0 Å². The lowest BCUT2D eigenvalue weighted by atomic mass is 10.3. The Morgan fingerprint density at radius 2 is 1.85 bits per heavy atom. The molecule has 0 spiro atoms. The molecule has 0 fully saturated rings. The minimum Gasteiger partial charge on any atom is -0.406 e. The number of aromatic nitrogens is 2. The van der Waals surface area contributed by atoms with Crippen molar-refractivity contribution in [3.63, 3.8) is 0 Å². The summed E-state index contributed by atoms with van der Waals surface area (Å²) in [5.41, 5.74) is 0.0979. The van der Waals surface area contributed by atoms with Gasteiger partial charge in [-0.1, -0.05) is 0 Å². The number of nitrogens with one attached hydrogen (secondary N) is 2. The van der Waals surface area contributed by atoms with Crippen molar-refractivity contribution in [3.8, 4) is 5.75 Å². The van der Waals surface area contributed by atoms with E-state index in [1.165, 1.54) is 6.20 Å². The summed E-state index contributed by atoms with van der Waals surface area (Å²) in [7, 11) is -3.82. The number of halogens is 3. The summed E-state index contributed by atoms with van der Waals surface area (Å²) < 4.78 is 65.3. The number of benzene rings is 1. The molecule has 1 aromatic heterocycles. The standard InChI is InChI=1S/C10H8F3N3O3S/c11-10(12,13)19-8-3-1-7(2-4-8)16-20(17,18)9-5-14-15-6-9/h1-6,16H,(H,14,15). The van der Waals surface area contributed by atoms with E-state index in [9.17, 15) is 21.6 Å². The molecule has 6 nitrogen and oxygen atoms in total. The van der Waals surface area contributed by atoms with Crippen molar-refractivity contribution in [2.24, 2.45) is 0 Å². The maximum Gasteiger partial charge on any atom is 0.573 e. The molecule has 20 heavy (non-hydrogen) atoms. The van der Waals surface area contributed by atoms with Gasteiger partial charge in [-0.25, -0.2) is 8.42 Å². The highest BCUT2D eigenvalue weighted by Gasteiger charge is 2.31. The molecule has 1 heterocycles. The van der Waals surface area contributed by atoms with Gasteiger partial charge in [0.2, 0.25) is 0 Å². The molecule has 1 aromatic carbocycles. The fraction of sp³-hybridized carbons (Fsp3) is 0.100. The third-order valence-corrected chi connectivity index (χ3v) is 3.47. The summed E-state index contributed by atoms with van der Waals surface area (Å²) in [6.07, 6.45) is -2.52. The van der Waals surface area contributed by atoms with Gasteiger partial charge in [0.25, 0.3) is 10.0 Å². The number of nitrogens with zero attached hydrogens (tertiary/aromatic N) is 1. The molecule has 0 aliphatic rings. The van der Waals surface area contributed by atoms with Gasteiger partial charge < -0.3 is 4.74 Å². The Balaban J connectivity index is 2.12. The van der Waals surface area contributed by atoms with E-state index < -0.39 is 22.1 Å². The molecule has 108 valence electrons. The van der Waals surface area contributed by atoms with E-state index in [2.05, 4.69) is 19.7 Å². The predicted octanol–water partition coefficient (Wildman–Crippen LogP) is 2.11. The molecule has 0 aliphatic heterocycles. The maximum absolute atomic E-state index is 12.0. The molecule has 0 saturated heterocycles. The monoisotopic (exact) mass is 307 g/mol. The second kappa shape index (κ2) is 5.04. The van der Waals surface area contributed by atoms with Crippen molar-refractivity contribution < 1.29 is 26.3 Å². The zero-order chi connectivity index (χ0) is 14.8. The zero-order valence-electron chi connectivity index (χ0n) is 9.68. The van der Waals surface area contributed by atoms with Crippen LogP contribution in [0.3, 0.4) is 0 Å². The number of sulfonamides is 1. The topological polar surface area (TPSA) is 84.1 Å². The number of rotatable bonds is 4. The van der Waals surface area contributed by atoms with Crippen LogP contribution in [0, 0.1) is 0 Å².